The summed E-state index contributed by atoms with van der Waals surface area (Å²) in [6.45, 7) is 4.43. The average Bonchev–Trinajstić information content (AvgIpc) is 3.54. The third-order valence-corrected chi connectivity index (χ3v) is 10.0. The van der Waals surface area contributed by atoms with Gasteiger partial charge in [-0.2, -0.15) is 0 Å². The molecular formula is C36H42N4O5. The predicted octanol–water partition coefficient (Wildman–Crippen LogP) is 4.35. The van der Waals surface area contributed by atoms with E-state index in [1.165, 1.54) is 10.5 Å². The average molecular weight is 611 g/mol. The zero-order chi connectivity index (χ0) is 31.3. The Morgan fingerprint density at radius 2 is 1.42 bits per heavy atom. The fraction of sp³-hybridized carbons (Fsp3) is 0.417. The van der Waals surface area contributed by atoms with Gasteiger partial charge in [0.05, 0.1) is 18.8 Å². The molecule has 3 aliphatic rings. The maximum atomic E-state index is 13.6. The van der Waals surface area contributed by atoms with Gasteiger partial charge in [-0.1, -0.05) is 78.9 Å². The fourth-order valence-corrected chi connectivity index (χ4v) is 7.29. The number of likely N-dealkylation sites (tertiary alicyclic amines) is 2. The van der Waals surface area contributed by atoms with Gasteiger partial charge in [-0.3, -0.25) is 4.79 Å². The van der Waals surface area contributed by atoms with Crippen molar-refractivity contribution in [1.29, 1.82) is 0 Å². The second kappa shape index (κ2) is 13.4. The van der Waals surface area contributed by atoms with Crippen LogP contribution in [0.5, 0.6) is 0 Å². The van der Waals surface area contributed by atoms with Gasteiger partial charge in [0.15, 0.2) is 6.04 Å². The minimum Gasteiger partial charge on any atom is -0.480 e. The maximum absolute atomic E-state index is 13.6. The number of ether oxygens (including phenoxy) is 1. The Morgan fingerprint density at radius 1 is 0.800 bits per heavy atom. The van der Waals surface area contributed by atoms with E-state index in [4.69, 9.17) is 4.74 Å². The number of amides is 3. The molecule has 45 heavy (non-hydrogen) atoms. The predicted molar refractivity (Wildman–Crippen MR) is 171 cm³/mol. The van der Waals surface area contributed by atoms with E-state index in [-0.39, 0.29) is 30.5 Å². The first-order chi connectivity index (χ1) is 21.9. The Kier molecular flexibility index (Phi) is 9.19. The Balaban J connectivity index is 1.15. The van der Waals surface area contributed by atoms with Gasteiger partial charge in [0.1, 0.15) is 0 Å². The molecule has 9 nitrogen and oxygen atoms in total. The first kappa shape index (κ1) is 30.8. The normalized spacial score (nSPS) is 23.4. The topological polar surface area (TPSA) is 102 Å². The summed E-state index contributed by atoms with van der Waals surface area (Å²) in [7, 11) is 0. The summed E-state index contributed by atoms with van der Waals surface area (Å²) in [5, 5.41) is 13.0. The number of hydrogen-bond donors (Lipinski definition) is 2. The largest absolute Gasteiger partial charge is 0.480 e. The second-order valence-corrected chi connectivity index (χ2v) is 12.6. The van der Waals surface area contributed by atoms with Gasteiger partial charge in [0, 0.05) is 43.7 Å². The van der Waals surface area contributed by atoms with Crippen LogP contribution in [-0.2, 0) is 20.5 Å². The lowest BCUT2D eigenvalue weighted by atomic mass is 9.76. The van der Waals surface area contributed by atoms with Crippen molar-refractivity contribution in [3.05, 3.63) is 108 Å². The molecule has 3 heterocycles. The summed E-state index contributed by atoms with van der Waals surface area (Å²) in [4.78, 5) is 44.7. The van der Waals surface area contributed by atoms with Gasteiger partial charge >= 0.3 is 12.0 Å². The van der Waals surface area contributed by atoms with Crippen LogP contribution in [0.2, 0.25) is 0 Å². The van der Waals surface area contributed by atoms with Crippen molar-refractivity contribution in [2.45, 2.75) is 42.7 Å². The van der Waals surface area contributed by atoms with E-state index in [0.717, 1.165) is 50.1 Å². The van der Waals surface area contributed by atoms with Crippen molar-refractivity contribution >= 4 is 17.9 Å². The Labute approximate surface area is 264 Å². The molecule has 3 aromatic rings. The molecule has 0 saturated carbocycles. The van der Waals surface area contributed by atoms with E-state index in [0.29, 0.717) is 26.0 Å². The van der Waals surface area contributed by atoms with E-state index < -0.39 is 17.6 Å². The SMILES string of the molecule is O=C(O)C1COCCN1C(=O)NC1(c2ccccc2)CCN(CCC2(c3ccccc3)CCN(C(=O)c3ccccc3)C2)CC1. The van der Waals surface area contributed by atoms with Crippen molar-refractivity contribution in [2.75, 3.05) is 52.5 Å². The highest BCUT2D eigenvalue weighted by atomic mass is 16.5. The number of carboxylic acids is 1. The molecule has 9 heteroatoms. The number of aliphatic carboxylic acids is 1. The monoisotopic (exact) mass is 610 g/mol. The van der Waals surface area contributed by atoms with E-state index in [2.05, 4.69) is 34.5 Å². The smallest absolute Gasteiger partial charge is 0.328 e. The standard InChI is InChI=1S/C36H42N4O5/c41-32(28-10-4-1-5-11-28)39-23-17-35(27-39,29-12-6-2-7-13-29)16-20-38-21-18-36(19-22-38,30-14-8-3-9-15-30)37-34(44)40-24-25-45-26-31(40)33(42)43/h1-15,31H,16-27H2,(H,37,44)(H,42,43). The van der Waals surface area contributed by atoms with Gasteiger partial charge in [-0.25, -0.2) is 9.59 Å². The highest BCUT2D eigenvalue weighted by molar-refractivity contribution is 5.94. The quantitative estimate of drug-likeness (QED) is 0.394. The molecule has 6 rings (SSSR count). The van der Waals surface area contributed by atoms with Gasteiger partial charge in [-0.15, -0.1) is 0 Å². The Bertz CT molecular complexity index is 1460. The van der Waals surface area contributed by atoms with Crippen molar-refractivity contribution in [3.63, 3.8) is 0 Å². The van der Waals surface area contributed by atoms with Crippen LogP contribution in [0, 0.1) is 0 Å². The minimum atomic E-state index is -1.06. The van der Waals surface area contributed by atoms with Crippen LogP contribution < -0.4 is 5.32 Å². The molecule has 3 aliphatic heterocycles. The third-order valence-electron chi connectivity index (χ3n) is 10.0. The van der Waals surface area contributed by atoms with Gasteiger partial charge in [-0.05, 0) is 55.5 Å². The summed E-state index contributed by atoms with van der Waals surface area (Å²) < 4.78 is 5.36. The Hall–Kier alpha value is -4.21. The molecule has 0 radical (unpaired) electrons. The molecule has 236 valence electrons. The molecule has 3 aromatic carbocycles. The third kappa shape index (κ3) is 6.60. The molecule has 0 bridgehead atoms. The molecule has 2 N–H and O–H groups in total. The highest BCUT2D eigenvalue weighted by Crippen LogP contribution is 2.40. The first-order valence-corrected chi connectivity index (χ1v) is 16.0. The number of carboxylic acid groups (broad SMARTS) is 1. The van der Waals surface area contributed by atoms with E-state index in [9.17, 15) is 19.5 Å². The van der Waals surface area contributed by atoms with Gasteiger partial charge < -0.3 is 29.9 Å². The molecule has 0 aromatic heterocycles. The number of morpholine rings is 1. The number of rotatable bonds is 8. The number of hydrogen-bond acceptors (Lipinski definition) is 5. The van der Waals surface area contributed by atoms with Crippen LogP contribution in [0.15, 0.2) is 91.0 Å². The summed E-state index contributed by atoms with van der Waals surface area (Å²) >= 11 is 0. The summed E-state index contributed by atoms with van der Waals surface area (Å²) in [6, 6.07) is 28.8. The van der Waals surface area contributed by atoms with E-state index in [1.54, 1.807) is 0 Å². The Morgan fingerprint density at radius 3 is 2.07 bits per heavy atom. The van der Waals surface area contributed by atoms with Crippen LogP contribution in [0.25, 0.3) is 0 Å². The lowest BCUT2D eigenvalue weighted by molar-refractivity contribution is -0.147. The van der Waals surface area contributed by atoms with Crippen LogP contribution in [0.4, 0.5) is 4.79 Å². The first-order valence-electron chi connectivity index (χ1n) is 16.0. The molecule has 2 unspecified atom stereocenters. The minimum absolute atomic E-state index is 0.00753. The van der Waals surface area contributed by atoms with Crippen molar-refractivity contribution in [1.82, 2.24) is 20.0 Å². The zero-order valence-corrected chi connectivity index (χ0v) is 25.6. The lowest BCUT2D eigenvalue weighted by Crippen LogP contribution is -2.61. The highest BCUT2D eigenvalue weighted by Gasteiger charge is 2.44. The molecular weight excluding hydrogens is 568 g/mol. The van der Waals surface area contributed by atoms with Crippen LogP contribution in [-0.4, -0.2) is 96.2 Å². The lowest BCUT2D eigenvalue weighted by Gasteiger charge is -2.45. The van der Waals surface area contributed by atoms with Crippen molar-refractivity contribution in [2.24, 2.45) is 0 Å². The summed E-state index contributed by atoms with van der Waals surface area (Å²) in [5.41, 5.74) is 2.30. The molecule has 0 spiro atoms. The van der Waals surface area contributed by atoms with Crippen LogP contribution in [0.1, 0.15) is 47.2 Å². The number of carbonyl (C=O) groups excluding carboxylic acids is 2. The van der Waals surface area contributed by atoms with E-state index >= 15 is 0 Å². The zero-order valence-electron chi connectivity index (χ0n) is 25.6. The maximum Gasteiger partial charge on any atom is 0.328 e. The molecule has 2 atom stereocenters. The molecule has 3 saturated heterocycles. The number of carbonyl (C=O) groups is 3. The van der Waals surface area contributed by atoms with Gasteiger partial charge in [0.25, 0.3) is 5.91 Å². The summed E-state index contributed by atoms with van der Waals surface area (Å²) in [6.07, 6.45) is 3.26. The van der Waals surface area contributed by atoms with Crippen LogP contribution in [0.3, 0.4) is 0 Å². The number of nitrogens with one attached hydrogen (secondary N) is 1. The number of urea groups is 1. The fourth-order valence-electron chi connectivity index (χ4n) is 7.29. The van der Waals surface area contributed by atoms with Crippen LogP contribution >= 0.6 is 0 Å². The molecule has 3 amide bonds. The second-order valence-electron chi connectivity index (χ2n) is 12.6. The number of nitrogens with zero attached hydrogens (tertiary/aromatic N) is 3. The molecule has 3 fully saturated rings. The summed E-state index contributed by atoms with van der Waals surface area (Å²) in [5.74, 6) is -0.975. The van der Waals surface area contributed by atoms with E-state index in [1.807, 2.05) is 71.6 Å². The molecule has 0 aliphatic carbocycles. The van der Waals surface area contributed by atoms with Crippen molar-refractivity contribution < 1.29 is 24.2 Å². The number of piperidine rings is 1. The van der Waals surface area contributed by atoms with Crippen molar-refractivity contribution in [3.8, 4) is 0 Å². The number of benzene rings is 3. The van der Waals surface area contributed by atoms with Gasteiger partial charge in [0.2, 0.25) is 0 Å².